The van der Waals surface area contributed by atoms with Crippen molar-refractivity contribution in [2.24, 2.45) is 0 Å². The summed E-state index contributed by atoms with van der Waals surface area (Å²) in [6, 6.07) is 11.6. The normalized spacial score (nSPS) is 16.0. The summed E-state index contributed by atoms with van der Waals surface area (Å²) >= 11 is 3.47. The minimum Gasteiger partial charge on any atom is -0.493 e. The van der Waals surface area contributed by atoms with Crippen LogP contribution in [0.25, 0.3) is 0 Å². The second kappa shape index (κ2) is 6.62. The predicted octanol–water partition coefficient (Wildman–Crippen LogP) is 4.13. The maximum absolute atomic E-state index is 12.4. The van der Waals surface area contributed by atoms with Crippen LogP contribution in [0.5, 0.6) is 11.5 Å². The van der Waals surface area contributed by atoms with E-state index in [4.69, 9.17) is 9.47 Å². The van der Waals surface area contributed by atoms with Crippen molar-refractivity contribution in [2.75, 3.05) is 19.0 Å². The minimum absolute atomic E-state index is 0.0157. The number of methoxy groups -OCH3 is 1. The Bertz CT molecular complexity index is 745. The molecule has 0 aromatic heterocycles. The van der Waals surface area contributed by atoms with Gasteiger partial charge in [0.2, 0.25) is 5.91 Å². The fourth-order valence-electron chi connectivity index (χ4n) is 2.94. The Labute approximate surface area is 143 Å². The summed E-state index contributed by atoms with van der Waals surface area (Å²) in [5, 5.41) is 2.94. The molecule has 2 aromatic rings. The summed E-state index contributed by atoms with van der Waals surface area (Å²) in [7, 11) is 1.63. The van der Waals surface area contributed by atoms with Gasteiger partial charge < -0.3 is 14.8 Å². The number of halogens is 1. The summed E-state index contributed by atoms with van der Waals surface area (Å²) in [5.74, 6) is 1.20. The third kappa shape index (κ3) is 3.06. The maximum atomic E-state index is 12.4. The van der Waals surface area contributed by atoms with Crippen LogP contribution in [-0.2, 0) is 11.2 Å². The molecule has 23 heavy (non-hydrogen) atoms. The molecule has 2 aromatic carbocycles. The molecule has 0 unspecified atom stereocenters. The highest BCUT2D eigenvalue weighted by atomic mass is 79.9. The Kier molecular flexibility index (Phi) is 4.57. The first kappa shape index (κ1) is 15.9. The number of nitrogens with one attached hydrogen (secondary N) is 1. The molecule has 1 N–H and O–H groups in total. The van der Waals surface area contributed by atoms with E-state index in [2.05, 4.69) is 21.2 Å². The number of amides is 1. The van der Waals surface area contributed by atoms with Crippen LogP contribution in [0.15, 0.2) is 40.9 Å². The van der Waals surface area contributed by atoms with E-state index in [1.165, 1.54) is 0 Å². The van der Waals surface area contributed by atoms with E-state index in [0.29, 0.717) is 24.5 Å². The van der Waals surface area contributed by atoms with E-state index < -0.39 is 0 Å². The molecule has 0 saturated carbocycles. The maximum Gasteiger partial charge on any atom is 0.232 e. The quantitative estimate of drug-likeness (QED) is 0.854. The fourth-order valence-corrected chi connectivity index (χ4v) is 3.32. The summed E-state index contributed by atoms with van der Waals surface area (Å²) in [4.78, 5) is 12.4. The zero-order chi connectivity index (χ0) is 16.4. The first-order chi connectivity index (χ1) is 11.1. The highest BCUT2D eigenvalue weighted by Gasteiger charge is 2.31. The molecular formula is C18H18BrNO3. The SMILES string of the molecule is CCOc1cccc(C[C@@H]2C(=O)Nc3ccc(Br)cc32)c1OC. The highest BCUT2D eigenvalue weighted by molar-refractivity contribution is 9.10. The first-order valence-corrected chi connectivity index (χ1v) is 8.32. The van der Waals surface area contributed by atoms with Gasteiger partial charge in [0.25, 0.3) is 0 Å². The van der Waals surface area contributed by atoms with E-state index in [1.54, 1.807) is 7.11 Å². The van der Waals surface area contributed by atoms with Crippen LogP contribution in [0.1, 0.15) is 24.0 Å². The van der Waals surface area contributed by atoms with E-state index in [9.17, 15) is 4.79 Å². The third-order valence-corrected chi connectivity index (χ3v) is 4.45. The molecule has 0 bridgehead atoms. The topological polar surface area (TPSA) is 47.6 Å². The molecule has 120 valence electrons. The lowest BCUT2D eigenvalue weighted by Crippen LogP contribution is -2.15. The fraction of sp³-hybridized carbons (Fsp3) is 0.278. The van der Waals surface area contributed by atoms with E-state index >= 15 is 0 Å². The van der Waals surface area contributed by atoms with Crippen LogP contribution in [-0.4, -0.2) is 19.6 Å². The number of hydrogen-bond acceptors (Lipinski definition) is 3. The monoisotopic (exact) mass is 375 g/mol. The Morgan fingerprint density at radius 1 is 1.26 bits per heavy atom. The Balaban J connectivity index is 1.95. The summed E-state index contributed by atoms with van der Waals surface area (Å²) in [6.45, 7) is 2.50. The average molecular weight is 376 g/mol. The molecule has 0 aliphatic carbocycles. The first-order valence-electron chi connectivity index (χ1n) is 7.53. The molecule has 0 spiro atoms. The number of para-hydroxylation sites is 1. The van der Waals surface area contributed by atoms with Crippen molar-refractivity contribution in [1.82, 2.24) is 0 Å². The number of benzene rings is 2. The molecule has 1 amide bonds. The van der Waals surface area contributed by atoms with Crippen molar-refractivity contribution in [3.63, 3.8) is 0 Å². The van der Waals surface area contributed by atoms with Gasteiger partial charge in [-0.15, -0.1) is 0 Å². The van der Waals surface area contributed by atoms with Gasteiger partial charge in [0.1, 0.15) is 0 Å². The Hall–Kier alpha value is -2.01. The molecule has 4 nitrogen and oxygen atoms in total. The molecule has 1 aliphatic heterocycles. The molecule has 1 heterocycles. The molecule has 1 aliphatic rings. The van der Waals surface area contributed by atoms with Crippen molar-refractivity contribution in [3.8, 4) is 11.5 Å². The number of carbonyl (C=O) groups is 1. The van der Waals surface area contributed by atoms with Gasteiger partial charge in [-0.1, -0.05) is 28.1 Å². The van der Waals surface area contributed by atoms with Crippen LogP contribution in [0.2, 0.25) is 0 Å². The highest BCUT2D eigenvalue weighted by Crippen LogP contribution is 2.40. The zero-order valence-corrected chi connectivity index (χ0v) is 14.6. The number of fused-ring (bicyclic) bond motifs is 1. The van der Waals surface area contributed by atoms with Crippen molar-refractivity contribution in [3.05, 3.63) is 52.0 Å². The number of carbonyl (C=O) groups excluding carboxylic acids is 1. The van der Waals surface area contributed by atoms with Crippen LogP contribution < -0.4 is 14.8 Å². The average Bonchev–Trinajstić information content (AvgIpc) is 2.84. The number of ether oxygens (including phenoxy) is 2. The second-order valence-electron chi connectivity index (χ2n) is 5.36. The largest absolute Gasteiger partial charge is 0.493 e. The number of rotatable bonds is 5. The lowest BCUT2D eigenvalue weighted by atomic mass is 9.92. The molecule has 0 fully saturated rings. The Morgan fingerprint density at radius 2 is 2.09 bits per heavy atom. The lowest BCUT2D eigenvalue weighted by molar-refractivity contribution is -0.117. The van der Waals surface area contributed by atoms with Gasteiger partial charge >= 0.3 is 0 Å². The summed E-state index contributed by atoms with van der Waals surface area (Å²) < 4.78 is 12.1. The van der Waals surface area contributed by atoms with E-state index in [1.807, 2.05) is 43.3 Å². The van der Waals surface area contributed by atoms with Crippen molar-refractivity contribution >= 4 is 27.5 Å². The zero-order valence-electron chi connectivity index (χ0n) is 13.1. The lowest BCUT2D eigenvalue weighted by Gasteiger charge is -2.16. The smallest absolute Gasteiger partial charge is 0.232 e. The van der Waals surface area contributed by atoms with Crippen molar-refractivity contribution in [2.45, 2.75) is 19.3 Å². The molecule has 1 atom stereocenters. The van der Waals surface area contributed by atoms with Crippen LogP contribution in [0, 0.1) is 0 Å². The van der Waals surface area contributed by atoms with Crippen LogP contribution in [0.4, 0.5) is 5.69 Å². The van der Waals surface area contributed by atoms with E-state index in [0.717, 1.165) is 21.3 Å². The standard InChI is InChI=1S/C18H18BrNO3/c1-3-23-16-6-4-5-11(17(16)22-2)9-14-13-10-12(19)7-8-15(13)20-18(14)21/h4-8,10,14H,3,9H2,1-2H3,(H,20,21)/t14-/m0/s1. The van der Waals surface area contributed by atoms with Gasteiger partial charge in [-0.3, -0.25) is 4.79 Å². The molecule has 3 rings (SSSR count). The molecule has 5 heteroatoms. The van der Waals surface area contributed by atoms with Gasteiger partial charge in [-0.2, -0.15) is 0 Å². The van der Waals surface area contributed by atoms with Gasteiger partial charge in [0.05, 0.1) is 19.6 Å². The van der Waals surface area contributed by atoms with E-state index in [-0.39, 0.29) is 11.8 Å². The van der Waals surface area contributed by atoms with Crippen LogP contribution >= 0.6 is 15.9 Å². The van der Waals surface area contributed by atoms with Crippen LogP contribution in [0.3, 0.4) is 0 Å². The summed E-state index contributed by atoms with van der Waals surface area (Å²) in [5.41, 5.74) is 2.85. The molecular weight excluding hydrogens is 358 g/mol. The second-order valence-corrected chi connectivity index (χ2v) is 6.27. The third-order valence-electron chi connectivity index (χ3n) is 3.95. The van der Waals surface area contributed by atoms with Gasteiger partial charge in [-0.25, -0.2) is 0 Å². The van der Waals surface area contributed by atoms with Crippen molar-refractivity contribution < 1.29 is 14.3 Å². The van der Waals surface area contributed by atoms with Gasteiger partial charge in [0.15, 0.2) is 11.5 Å². The predicted molar refractivity (Wildman–Crippen MR) is 93.4 cm³/mol. The minimum atomic E-state index is -0.228. The molecule has 0 saturated heterocycles. The van der Waals surface area contributed by atoms with Gasteiger partial charge in [0, 0.05) is 10.2 Å². The Morgan fingerprint density at radius 3 is 2.83 bits per heavy atom. The van der Waals surface area contributed by atoms with Gasteiger partial charge in [-0.05, 0) is 48.7 Å². The number of hydrogen-bond donors (Lipinski definition) is 1. The molecule has 0 radical (unpaired) electrons. The van der Waals surface area contributed by atoms with Crippen molar-refractivity contribution in [1.29, 1.82) is 0 Å². The number of anilines is 1. The summed E-state index contributed by atoms with van der Waals surface area (Å²) in [6.07, 6.45) is 0.569.